The summed E-state index contributed by atoms with van der Waals surface area (Å²) in [5, 5.41) is 19.1. The van der Waals surface area contributed by atoms with E-state index in [1.165, 1.54) is 16.8 Å². The normalized spacial score (nSPS) is 10.4. The number of aromatic nitrogens is 3. The number of carbonyl (C=O) groups excluding carboxylic acids is 1. The molecule has 2 rings (SSSR count). The number of halogens is 1. The number of anilines is 1. The molecule has 21 heavy (non-hydrogen) atoms. The smallest absolute Gasteiger partial charge is 0.337 e. The summed E-state index contributed by atoms with van der Waals surface area (Å²) in [6, 6.07) is 4.52. The van der Waals surface area contributed by atoms with Crippen molar-refractivity contribution in [3.8, 4) is 0 Å². The predicted octanol–water partition coefficient (Wildman–Crippen LogP) is 0.836. The summed E-state index contributed by atoms with van der Waals surface area (Å²) >= 11 is 3.23. The highest BCUT2D eigenvalue weighted by atomic mass is 79.9. The molecule has 1 aromatic carbocycles. The molecule has 0 atom stereocenters. The Labute approximate surface area is 128 Å². The Morgan fingerprint density at radius 1 is 1.43 bits per heavy atom. The number of rotatable bonds is 5. The number of nitrogens with one attached hydrogen (secondary N) is 1. The highest BCUT2D eigenvalue weighted by Crippen LogP contribution is 2.21. The molecule has 110 valence electrons. The molecule has 4 N–H and O–H groups in total. The van der Waals surface area contributed by atoms with Crippen LogP contribution in [0, 0.1) is 0 Å². The second-order valence-corrected chi connectivity index (χ2v) is 5.07. The van der Waals surface area contributed by atoms with E-state index in [9.17, 15) is 9.59 Å². The van der Waals surface area contributed by atoms with Crippen LogP contribution < -0.4 is 11.1 Å². The van der Waals surface area contributed by atoms with Gasteiger partial charge in [-0.05, 0) is 18.2 Å². The van der Waals surface area contributed by atoms with Crippen LogP contribution >= 0.6 is 15.9 Å². The van der Waals surface area contributed by atoms with Crippen molar-refractivity contribution in [2.45, 2.75) is 13.1 Å². The molecule has 2 aromatic rings. The summed E-state index contributed by atoms with van der Waals surface area (Å²) in [6.07, 6.45) is 1.55. The summed E-state index contributed by atoms with van der Waals surface area (Å²) in [7, 11) is 0. The van der Waals surface area contributed by atoms with Gasteiger partial charge in [0.2, 0.25) is 5.91 Å². The number of nitrogens with two attached hydrogens (primary N) is 1. The van der Waals surface area contributed by atoms with E-state index >= 15 is 0 Å². The van der Waals surface area contributed by atoms with Gasteiger partial charge in [-0.2, -0.15) is 0 Å². The van der Waals surface area contributed by atoms with Crippen molar-refractivity contribution in [3.05, 3.63) is 40.1 Å². The lowest BCUT2D eigenvalue weighted by molar-refractivity contribution is -0.116. The topological polar surface area (TPSA) is 123 Å². The summed E-state index contributed by atoms with van der Waals surface area (Å²) < 4.78 is 1.99. The monoisotopic (exact) mass is 353 g/mol. The average Bonchev–Trinajstić information content (AvgIpc) is 2.85. The molecule has 0 saturated carbocycles. The Morgan fingerprint density at radius 2 is 2.19 bits per heavy atom. The maximum absolute atomic E-state index is 11.9. The minimum Gasteiger partial charge on any atom is -0.478 e. The molecule has 8 nitrogen and oxygen atoms in total. The van der Waals surface area contributed by atoms with E-state index in [2.05, 4.69) is 31.6 Å². The van der Waals surface area contributed by atoms with Crippen molar-refractivity contribution in [1.82, 2.24) is 15.0 Å². The van der Waals surface area contributed by atoms with Crippen LogP contribution in [0.15, 0.2) is 28.9 Å². The Hall–Kier alpha value is -2.26. The van der Waals surface area contributed by atoms with Crippen molar-refractivity contribution >= 4 is 33.5 Å². The van der Waals surface area contributed by atoms with Gasteiger partial charge in [0.25, 0.3) is 0 Å². The van der Waals surface area contributed by atoms with E-state index in [0.717, 1.165) is 0 Å². The second-order valence-electron chi connectivity index (χ2n) is 4.15. The Kier molecular flexibility index (Phi) is 4.66. The molecule has 0 radical (unpaired) electrons. The van der Waals surface area contributed by atoms with Crippen LogP contribution in [0.1, 0.15) is 16.1 Å². The highest BCUT2D eigenvalue weighted by Gasteiger charge is 2.13. The first-order valence-electron chi connectivity index (χ1n) is 5.91. The van der Waals surface area contributed by atoms with Gasteiger partial charge in [0.15, 0.2) is 0 Å². The van der Waals surface area contributed by atoms with E-state index in [-0.39, 0.29) is 24.3 Å². The third kappa shape index (κ3) is 3.86. The number of amides is 1. The van der Waals surface area contributed by atoms with Crippen molar-refractivity contribution in [1.29, 1.82) is 0 Å². The Bertz CT molecular complexity index is 685. The van der Waals surface area contributed by atoms with Crippen molar-refractivity contribution < 1.29 is 14.7 Å². The number of nitrogens with zero attached hydrogens (tertiary/aromatic N) is 3. The Balaban J connectivity index is 2.12. The number of hydrogen-bond acceptors (Lipinski definition) is 5. The zero-order valence-electron chi connectivity index (χ0n) is 10.8. The molecule has 0 bridgehead atoms. The molecule has 9 heteroatoms. The second kappa shape index (κ2) is 6.46. The summed E-state index contributed by atoms with van der Waals surface area (Å²) in [4.78, 5) is 23.0. The molecule has 1 heterocycles. The van der Waals surface area contributed by atoms with Gasteiger partial charge in [0, 0.05) is 11.0 Å². The van der Waals surface area contributed by atoms with Crippen LogP contribution in [-0.2, 0) is 17.9 Å². The molecule has 0 aliphatic carbocycles. The maximum atomic E-state index is 11.9. The molecule has 1 amide bonds. The summed E-state index contributed by atoms with van der Waals surface area (Å²) in [5.41, 5.74) is 6.18. The van der Waals surface area contributed by atoms with Gasteiger partial charge in [0.05, 0.1) is 23.1 Å². The zero-order chi connectivity index (χ0) is 15.4. The number of hydrogen-bond donors (Lipinski definition) is 3. The molecule has 0 saturated heterocycles. The van der Waals surface area contributed by atoms with E-state index < -0.39 is 11.9 Å². The van der Waals surface area contributed by atoms with Crippen molar-refractivity contribution in [2.24, 2.45) is 5.73 Å². The summed E-state index contributed by atoms with van der Waals surface area (Å²) in [6.45, 7) is 0.148. The SMILES string of the molecule is NCc1cn(CC(=O)Nc2cc(Br)ccc2C(=O)O)nn1. The van der Waals surface area contributed by atoms with E-state index in [1.807, 2.05) is 0 Å². The van der Waals surface area contributed by atoms with E-state index in [0.29, 0.717) is 10.2 Å². The largest absolute Gasteiger partial charge is 0.478 e. The van der Waals surface area contributed by atoms with Gasteiger partial charge in [0.1, 0.15) is 6.54 Å². The first-order chi connectivity index (χ1) is 9.99. The molecule has 0 unspecified atom stereocenters. The van der Waals surface area contributed by atoms with Crippen LogP contribution in [0.5, 0.6) is 0 Å². The predicted molar refractivity (Wildman–Crippen MR) is 77.6 cm³/mol. The fraction of sp³-hybridized carbons (Fsp3) is 0.167. The molecule has 0 aliphatic rings. The van der Waals surface area contributed by atoms with Crippen LogP contribution in [0.25, 0.3) is 0 Å². The number of carboxylic acid groups (broad SMARTS) is 1. The van der Waals surface area contributed by atoms with Gasteiger partial charge in [-0.15, -0.1) is 5.10 Å². The molecular weight excluding hydrogens is 342 g/mol. The first-order valence-corrected chi connectivity index (χ1v) is 6.70. The lowest BCUT2D eigenvalue weighted by atomic mass is 10.2. The van der Waals surface area contributed by atoms with Gasteiger partial charge in [-0.3, -0.25) is 4.79 Å². The van der Waals surface area contributed by atoms with Gasteiger partial charge in [-0.1, -0.05) is 21.1 Å². The molecule has 0 fully saturated rings. The highest BCUT2D eigenvalue weighted by molar-refractivity contribution is 9.10. The molecular formula is C12H12BrN5O3. The zero-order valence-corrected chi connectivity index (χ0v) is 12.4. The third-order valence-corrected chi connectivity index (χ3v) is 3.08. The fourth-order valence-corrected chi connectivity index (χ4v) is 2.01. The van der Waals surface area contributed by atoms with Crippen molar-refractivity contribution in [3.63, 3.8) is 0 Å². The average molecular weight is 354 g/mol. The van der Waals surface area contributed by atoms with E-state index in [1.54, 1.807) is 12.3 Å². The first kappa shape index (κ1) is 15.1. The van der Waals surface area contributed by atoms with Crippen molar-refractivity contribution in [2.75, 3.05) is 5.32 Å². The lowest BCUT2D eigenvalue weighted by Crippen LogP contribution is -2.20. The number of aromatic carboxylic acids is 1. The Morgan fingerprint density at radius 3 is 2.81 bits per heavy atom. The maximum Gasteiger partial charge on any atom is 0.337 e. The quantitative estimate of drug-likeness (QED) is 0.731. The van der Waals surface area contributed by atoms with Gasteiger partial charge < -0.3 is 16.2 Å². The van der Waals surface area contributed by atoms with Crippen LogP contribution in [0.3, 0.4) is 0 Å². The minimum absolute atomic E-state index is 0.00721. The number of benzene rings is 1. The minimum atomic E-state index is -1.12. The van der Waals surface area contributed by atoms with Gasteiger partial charge >= 0.3 is 5.97 Å². The molecule has 1 aromatic heterocycles. The van der Waals surface area contributed by atoms with E-state index in [4.69, 9.17) is 10.8 Å². The molecule has 0 aliphatic heterocycles. The number of carboxylic acids is 1. The van der Waals surface area contributed by atoms with Crippen LogP contribution in [0.4, 0.5) is 5.69 Å². The molecule has 0 spiro atoms. The number of carbonyl (C=O) groups is 2. The third-order valence-electron chi connectivity index (χ3n) is 2.59. The summed E-state index contributed by atoms with van der Waals surface area (Å²) in [5.74, 6) is -1.53. The standard InChI is InChI=1S/C12H12BrN5O3/c13-7-1-2-9(12(20)21)10(3-7)15-11(19)6-18-5-8(4-14)16-17-18/h1-3,5H,4,6,14H2,(H,15,19)(H,20,21). The van der Waals surface area contributed by atoms with Gasteiger partial charge in [-0.25, -0.2) is 9.48 Å². The van der Waals surface area contributed by atoms with Crippen LogP contribution in [0.2, 0.25) is 0 Å². The fourth-order valence-electron chi connectivity index (χ4n) is 1.65. The van der Waals surface area contributed by atoms with Crippen LogP contribution in [-0.4, -0.2) is 32.0 Å². The lowest BCUT2D eigenvalue weighted by Gasteiger charge is -2.08.